The zero-order chi connectivity index (χ0) is 26.4. The quantitative estimate of drug-likeness (QED) is 0.306. The summed E-state index contributed by atoms with van der Waals surface area (Å²) in [6.07, 6.45) is 3.01. The lowest BCUT2D eigenvalue weighted by Crippen LogP contribution is -2.45. The third-order valence-corrected chi connectivity index (χ3v) is 6.10. The van der Waals surface area contributed by atoms with Crippen molar-refractivity contribution in [1.29, 1.82) is 0 Å². The summed E-state index contributed by atoms with van der Waals surface area (Å²) >= 11 is 0. The van der Waals surface area contributed by atoms with Gasteiger partial charge in [-0.05, 0) is 56.9 Å². The molecule has 0 atom stereocenters. The zero-order valence-corrected chi connectivity index (χ0v) is 21.4. The molecule has 9 heteroatoms. The first-order valence-corrected chi connectivity index (χ1v) is 12.4. The second-order valence-corrected chi connectivity index (χ2v) is 10.2. The lowest BCUT2D eigenvalue weighted by Gasteiger charge is -2.32. The van der Waals surface area contributed by atoms with E-state index in [1.165, 1.54) is 0 Å². The molecular weight excluding hydrogens is 470 g/mol. The molecule has 1 saturated heterocycles. The van der Waals surface area contributed by atoms with Gasteiger partial charge in [-0.3, -0.25) is 15.0 Å². The predicted molar refractivity (Wildman–Crippen MR) is 144 cm³/mol. The van der Waals surface area contributed by atoms with Crippen molar-refractivity contribution in [1.82, 2.24) is 15.2 Å². The molecule has 9 nitrogen and oxygen atoms in total. The van der Waals surface area contributed by atoms with Gasteiger partial charge in [-0.1, -0.05) is 42.5 Å². The minimum atomic E-state index is -0.502. The van der Waals surface area contributed by atoms with Gasteiger partial charge in [-0.2, -0.15) is 0 Å². The smallest absolute Gasteiger partial charge is 0.407 e. The predicted octanol–water partition coefficient (Wildman–Crippen LogP) is 5.89. The number of ether oxygens (including phenoxy) is 1. The summed E-state index contributed by atoms with van der Waals surface area (Å²) in [7, 11) is 0. The number of piperidine rings is 1. The van der Waals surface area contributed by atoms with E-state index >= 15 is 0 Å². The number of rotatable bonds is 7. The minimum absolute atomic E-state index is 0.0757. The second-order valence-electron chi connectivity index (χ2n) is 10.2. The van der Waals surface area contributed by atoms with Gasteiger partial charge in [0.15, 0.2) is 0 Å². The van der Waals surface area contributed by atoms with E-state index in [0.29, 0.717) is 5.56 Å². The number of aromatic nitrogens is 1. The molecule has 0 aliphatic carbocycles. The molecule has 0 bridgehead atoms. The highest BCUT2D eigenvalue weighted by Gasteiger charge is 2.24. The molecule has 2 N–H and O–H groups in total. The van der Waals surface area contributed by atoms with Crippen molar-refractivity contribution in [2.24, 2.45) is 0 Å². The van der Waals surface area contributed by atoms with Crippen LogP contribution in [0, 0.1) is 10.1 Å². The normalized spacial score (nSPS) is 14.7. The number of carbonyl (C=O) groups excluding carboxylic acids is 1. The number of nitro groups is 1. The standard InChI is InChI=1S/C28H33N5O4/c1-28(2,3)37-27(34)31-24-13-15-32(16-14-24)19-20-9-11-23(12-10-20)30-26-25(33(35)36)17-22(18-29-26)21-7-5-4-6-8-21/h4-12,17-18,24H,13-16,19H2,1-3H3,(H,29,30)(H,31,34). The summed E-state index contributed by atoms with van der Waals surface area (Å²) in [4.78, 5) is 30.0. The maximum Gasteiger partial charge on any atom is 0.407 e. The highest BCUT2D eigenvalue weighted by Crippen LogP contribution is 2.30. The Labute approximate surface area is 217 Å². The van der Waals surface area contributed by atoms with Crippen LogP contribution in [0.4, 0.5) is 22.0 Å². The van der Waals surface area contributed by atoms with Gasteiger partial charge < -0.3 is 15.4 Å². The van der Waals surface area contributed by atoms with Crippen LogP contribution in [-0.4, -0.2) is 45.6 Å². The minimum Gasteiger partial charge on any atom is -0.444 e. The molecule has 1 aliphatic heterocycles. The number of alkyl carbamates (subject to hydrolysis) is 1. The summed E-state index contributed by atoms with van der Waals surface area (Å²) in [6.45, 7) is 8.12. The summed E-state index contributed by atoms with van der Waals surface area (Å²) in [5, 5.41) is 17.8. The average molecular weight is 504 g/mol. The Balaban J connectivity index is 1.32. The van der Waals surface area contributed by atoms with Gasteiger partial charge in [-0.25, -0.2) is 9.78 Å². The van der Waals surface area contributed by atoms with Crippen molar-refractivity contribution in [3.8, 4) is 11.1 Å². The van der Waals surface area contributed by atoms with Crippen molar-refractivity contribution in [2.75, 3.05) is 18.4 Å². The molecule has 0 unspecified atom stereocenters. The first-order chi connectivity index (χ1) is 17.7. The molecule has 194 valence electrons. The molecular formula is C28H33N5O4. The number of hydrogen-bond acceptors (Lipinski definition) is 7. The number of carbonyl (C=O) groups is 1. The Bertz CT molecular complexity index is 1220. The van der Waals surface area contributed by atoms with E-state index in [-0.39, 0.29) is 23.6 Å². The van der Waals surface area contributed by atoms with Gasteiger partial charge in [0.05, 0.1) is 4.92 Å². The van der Waals surface area contributed by atoms with Crippen LogP contribution in [0.1, 0.15) is 39.2 Å². The average Bonchev–Trinajstić information content (AvgIpc) is 2.86. The van der Waals surface area contributed by atoms with Gasteiger partial charge in [0.25, 0.3) is 0 Å². The van der Waals surface area contributed by atoms with E-state index in [0.717, 1.165) is 49.3 Å². The Hall–Kier alpha value is -3.98. The molecule has 37 heavy (non-hydrogen) atoms. The third kappa shape index (κ3) is 7.50. The monoisotopic (exact) mass is 503 g/mol. The molecule has 0 saturated carbocycles. The first-order valence-electron chi connectivity index (χ1n) is 12.4. The molecule has 0 spiro atoms. The molecule has 3 aromatic rings. The lowest BCUT2D eigenvalue weighted by atomic mass is 10.0. The SMILES string of the molecule is CC(C)(C)OC(=O)NC1CCN(Cc2ccc(Nc3ncc(-c4ccccc4)cc3[N+](=O)[O-])cc2)CC1. The van der Waals surface area contributed by atoms with Crippen molar-refractivity contribution < 1.29 is 14.5 Å². The Kier molecular flexibility index (Phi) is 8.03. The van der Waals surface area contributed by atoms with Crippen LogP contribution < -0.4 is 10.6 Å². The van der Waals surface area contributed by atoms with Crippen LogP contribution >= 0.6 is 0 Å². The summed E-state index contributed by atoms with van der Waals surface area (Å²) in [6, 6.07) is 19.0. The summed E-state index contributed by atoms with van der Waals surface area (Å²) < 4.78 is 5.35. The van der Waals surface area contributed by atoms with Gasteiger partial charge in [0, 0.05) is 49.2 Å². The molecule has 1 aliphatic rings. The Morgan fingerprint density at radius 2 is 1.76 bits per heavy atom. The van der Waals surface area contributed by atoms with E-state index < -0.39 is 10.5 Å². The number of benzene rings is 2. The highest BCUT2D eigenvalue weighted by atomic mass is 16.6. The maximum absolute atomic E-state index is 12.0. The second kappa shape index (κ2) is 11.4. The van der Waals surface area contributed by atoms with E-state index in [1.807, 2.05) is 75.4 Å². The van der Waals surface area contributed by atoms with Gasteiger partial charge >= 0.3 is 11.8 Å². The molecule has 1 aromatic heterocycles. The Morgan fingerprint density at radius 1 is 1.08 bits per heavy atom. The van der Waals surface area contributed by atoms with Gasteiger partial charge in [0.2, 0.25) is 5.82 Å². The third-order valence-electron chi connectivity index (χ3n) is 6.10. The van der Waals surface area contributed by atoms with Crippen molar-refractivity contribution >= 4 is 23.3 Å². The van der Waals surface area contributed by atoms with Crippen LogP contribution in [0.5, 0.6) is 0 Å². The first kappa shape index (κ1) is 26.1. The Morgan fingerprint density at radius 3 is 2.38 bits per heavy atom. The van der Waals surface area contributed by atoms with E-state index in [9.17, 15) is 14.9 Å². The van der Waals surface area contributed by atoms with E-state index in [4.69, 9.17) is 4.74 Å². The van der Waals surface area contributed by atoms with Crippen LogP contribution in [0.15, 0.2) is 66.9 Å². The van der Waals surface area contributed by atoms with Gasteiger partial charge in [0.1, 0.15) is 5.60 Å². The summed E-state index contributed by atoms with van der Waals surface area (Å²) in [5.41, 5.74) is 2.86. The van der Waals surface area contributed by atoms with Crippen LogP contribution in [0.3, 0.4) is 0 Å². The number of anilines is 2. The van der Waals surface area contributed by atoms with Gasteiger partial charge in [-0.15, -0.1) is 0 Å². The van der Waals surface area contributed by atoms with Crippen LogP contribution in [0.25, 0.3) is 11.1 Å². The van der Waals surface area contributed by atoms with Crippen molar-refractivity contribution in [3.63, 3.8) is 0 Å². The molecule has 0 radical (unpaired) electrons. The molecule has 2 aromatic carbocycles. The fraction of sp³-hybridized carbons (Fsp3) is 0.357. The fourth-order valence-corrected chi connectivity index (χ4v) is 4.28. The van der Waals surface area contributed by atoms with E-state index in [2.05, 4.69) is 20.5 Å². The lowest BCUT2D eigenvalue weighted by molar-refractivity contribution is -0.384. The highest BCUT2D eigenvalue weighted by molar-refractivity contribution is 5.73. The number of likely N-dealkylation sites (tertiary alicyclic amines) is 1. The largest absolute Gasteiger partial charge is 0.444 e. The van der Waals surface area contributed by atoms with Crippen LogP contribution in [-0.2, 0) is 11.3 Å². The number of nitrogens with one attached hydrogen (secondary N) is 2. The van der Waals surface area contributed by atoms with E-state index in [1.54, 1.807) is 12.3 Å². The molecule has 1 amide bonds. The van der Waals surface area contributed by atoms with Crippen molar-refractivity contribution in [3.05, 3.63) is 82.5 Å². The number of pyridine rings is 1. The topological polar surface area (TPSA) is 110 Å². The maximum atomic E-state index is 12.0. The van der Waals surface area contributed by atoms with Crippen molar-refractivity contribution in [2.45, 2.75) is 51.8 Å². The molecule has 4 rings (SSSR count). The number of nitrogens with zero attached hydrogens (tertiary/aromatic N) is 3. The number of hydrogen-bond donors (Lipinski definition) is 2. The fourth-order valence-electron chi connectivity index (χ4n) is 4.28. The molecule has 2 heterocycles. The van der Waals surface area contributed by atoms with Crippen LogP contribution in [0.2, 0.25) is 0 Å². The molecule has 1 fully saturated rings. The number of amides is 1. The summed E-state index contributed by atoms with van der Waals surface area (Å²) in [5.74, 6) is 0.206. The zero-order valence-electron chi connectivity index (χ0n) is 21.4.